The molecule has 2 rings (SSSR count). The number of amides is 1. The van der Waals surface area contributed by atoms with Crippen LogP contribution in [-0.2, 0) is 0 Å². The number of hydrogen-bond donors (Lipinski definition) is 1. The van der Waals surface area contributed by atoms with Crippen molar-refractivity contribution < 1.29 is 9.90 Å². The highest BCUT2D eigenvalue weighted by molar-refractivity contribution is 7.98. The van der Waals surface area contributed by atoms with E-state index >= 15 is 0 Å². The van der Waals surface area contributed by atoms with Crippen LogP contribution in [-0.4, -0.2) is 46.3 Å². The molecule has 1 aliphatic rings. The van der Waals surface area contributed by atoms with Gasteiger partial charge in [0.2, 0.25) is 0 Å². The van der Waals surface area contributed by atoms with Gasteiger partial charge in [-0.25, -0.2) is 4.98 Å². The Morgan fingerprint density at radius 2 is 2.37 bits per heavy atom. The van der Waals surface area contributed by atoms with Gasteiger partial charge in [0.05, 0.1) is 16.7 Å². The fourth-order valence-electron chi connectivity index (χ4n) is 2.40. The number of rotatable bonds is 3. The Morgan fingerprint density at radius 1 is 1.58 bits per heavy atom. The molecule has 1 aromatic rings. The molecule has 1 saturated heterocycles. The van der Waals surface area contributed by atoms with Gasteiger partial charge in [-0.2, -0.15) is 0 Å². The summed E-state index contributed by atoms with van der Waals surface area (Å²) >= 11 is 1.56. The number of hydrogen-bond acceptors (Lipinski definition) is 4. The van der Waals surface area contributed by atoms with Gasteiger partial charge < -0.3 is 10.0 Å². The van der Waals surface area contributed by atoms with E-state index in [0.717, 1.165) is 24.4 Å². The maximum absolute atomic E-state index is 12.4. The summed E-state index contributed by atoms with van der Waals surface area (Å²) in [4.78, 5) is 18.4. The Kier molecular flexibility index (Phi) is 4.82. The van der Waals surface area contributed by atoms with Crippen molar-refractivity contribution in [1.82, 2.24) is 9.88 Å². The van der Waals surface area contributed by atoms with Gasteiger partial charge >= 0.3 is 0 Å². The van der Waals surface area contributed by atoms with Crippen LogP contribution in [0, 0.1) is 5.92 Å². The van der Waals surface area contributed by atoms with Crippen molar-refractivity contribution in [3.8, 4) is 0 Å². The van der Waals surface area contributed by atoms with Crippen LogP contribution in [0.3, 0.4) is 0 Å². The topological polar surface area (TPSA) is 53.4 Å². The minimum atomic E-state index is -0.354. The van der Waals surface area contributed by atoms with Crippen molar-refractivity contribution in [2.75, 3.05) is 19.3 Å². The molecule has 2 unspecified atom stereocenters. The molecule has 5 heteroatoms. The summed E-state index contributed by atoms with van der Waals surface area (Å²) in [5, 5.41) is 10.6. The molecule has 0 bridgehead atoms. The van der Waals surface area contributed by atoms with E-state index in [0.29, 0.717) is 12.1 Å². The number of carbonyl (C=O) groups excluding carboxylic acids is 1. The van der Waals surface area contributed by atoms with E-state index in [1.807, 2.05) is 23.3 Å². The zero-order valence-corrected chi connectivity index (χ0v) is 12.2. The molecule has 4 nitrogen and oxygen atoms in total. The molecule has 0 spiro atoms. The number of aromatic nitrogens is 1. The van der Waals surface area contributed by atoms with E-state index in [1.54, 1.807) is 24.9 Å². The summed E-state index contributed by atoms with van der Waals surface area (Å²) in [6.45, 7) is 3.21. The lowest BCUT2D eigenvalue weighted by atomic mass is 9.93. The maximum atomic E-state index is 12.4. The molecule has 0 saturated carbocycles. The van der Waals surface area contributed by atoms with Gasteiger partial charge in [0.15, 0.2) is 0 Å². The molecule has 1 fully saturated rings. The highest BCUT2D eigenvalue weighted by Gasteiger charge is 2.27. The van der Waals surface area contributed by atoms with E-state index in [2.05, 4.69) is 4.98 Å². The second kappa shape index (κ2) is 6.39. The number of piperidine rings is 1. The van der Waals surface area contributed by atoms with Crippen LogP contribution >= 0.6 is 11.8 Å². The fraction of sp³-hybridized carbons (Fsp3) is 0.571. The standard InChI is InChI=1S/C14H20N2O2S/c1-10(17)12-4-3-7-16(9-12)14(18)11-5-6-13(19-2)15-8-11/h5-6,8,10,12,17H,3-4,7,9H2,1-2H3. The Balaban J connectivity index is 2.05. The molecule has 104 valence electrons. The molecule has 1 N–H and O–H groups in total. The first-order valence-electron chi connectivity index (χ1n) is 6.59. The molecule has 0 aliphatic carbocycles. The van der Waals surface area contributed by atoms with Crippen molar-refractivity contribution in [3.63, 3.8) is 0 Å². The molecule has 1 aliphatic heterocycles. The number of aliphatic hydroxyl groups is 1. The van der Waals surface area contributed by atoms with Crippen LogP contribution in [0.1, 0.15) is 30.1 Å². The number of thioether (sulfide) groups is 1. The van der Waals surface area contributed by atoms with Gasteiger partial charge in [-0.3, -0.25) is 4.79 Å². The molecule has 19 heavy (non-hydrogen) atoms. The van der Waals surface area contributed by atoms with Crippen LogP contribution < -0.4 is 0 Å². The number of likely N-dealkylation sites (tertiary alicyclic amines) is 1. The van der Waals surface area contributed by atoms with Gasteiger partial charge in [-0.1, -0.05) is 0 Å². The average molecular weight is 280 g/mol. The first-order valence-corrected chi connectivity index (χ1v) is 7.81. The van der Waals surface area contributed by atoms with Gasteiger partial charge in [0.1, 0.15) is 0 Å². The van der Waals surface area contributed by atoms with Crippen LogP contribution in [0.2, 0.25) is 0 Å². The van der Waals surface area contributed by atoms with Gasteiger partial charge in [0, 0.05) is 25.2 Å². The van der Waals surface area contributed by atoms with Crippen LogP contribution in [0.4, 0.5) is 0 Å². The van der Waals surface area contributed by atoms with E-state index < -0.39 is 0 Å². The molecular weight excluding hydrogens is 260 g/mol. The Morgan fingerprint density at radius 3 is 2.95 bits per heavy atom. The van der Waals surface area contributed by atoms with E-state index in [4.69, 9.17) is 0 Å². The van der Waals surface area contributed by atoms with Crippen LogP contribution in [0.15, 0.2) is 23.4 Å². The number of nitrogens with zero attached hydrogens (tertiary/aromatic N) is 2. The van der Waals surface area contributed by atoms with Gasteiger partial charge in [-0.05, 0) is 38.2 Å². The number of aliphatic hydroxyl groups excluding tert-OH is 1. The van der Waals surface area contributed by atoms with E-state index in [-0.39, 0.29) is 17.9 Å². The smallest absolute Gasteiger partial charge is 0.255 e. The predicted octanol–water partition coefficient (Wildman–Crippen LogP) is 2.04. The van der Waals surface area contributed by atoms with Crippen molar-refractivity contribution in [1.29, 1.82) is 0 Å². The SMILES string of the molecule is CSc1ccc(C(=O)N2CCCC(C(C)O)C2)cn1. The monoisotopic (exact) mass is 280 g/mol. The van der Waals surface area contributed by atoms with E-state index in [1.165, 1.54) is 0 Å². The summed E-state index contributed by atoms with van der Waals surface area (Å²) in [6, 6.07) is 3.70. The highest BCUT2D eigenvalue weighted by Crippen LogP contribution is 2.21. The van der Waals surface area contributed by atoms with Gasteiger partial charge in [0.25, 0.3) is 5.91 Å². The fourth-order valence-corrected chi connectivity index (χ4v) is 2.76. The van der Waals surface area contributed by atoms with Gasteiger partial charge in [-0.15, -0.1) is 11.8 Å². The second-order valence-electron chi connectivity index (χ2n) is 4.98. The molecule has 1 amide bonds. The Bertz CT molecular complexity index is 434. The Hall–Kier alpha value is -1.07. The largest absolute Gasteiger partial charge is 0.393 e. The highest BCUT2D eigenvalue weighted by atomic mass is 32.2. The molecule has 0 radical (unpaired) electrons. The zero-order chi connectivity index (χ0) is 13.8. The minimum Gasteiger partial charge on any atom is -0.393 e. The molecule has 1 aromatic heterocycles. The van der Waals surface area contributed by atoms with Crippen molar-refractivity contribution in [2.24, 2.45) is 5.92 Å². The predicted molar refractivity (Wildman–Crippen MR) is 76.3 cm³/mol. The zero-order valence-electron chi connectivity index (χ0n) is 11.4. The average Bonchev–Trinajstić information content (AvgIpc) is 2.46. The van der Waals surface area contributed by atoms with Crippen LogP contribution in [0.25, 0.3) is 0 Å². The third-order valence-corrected chi connectivity index (χ3v) is 4.28. The summed E-state index contributed by atoms with van der Waals surface area (Å²) in [7, 11) is 0. The maximum Gasteiger partial charge on any atom is 0.255 e. The van der Waals surface area contributed by atoms with Crippen molar-refractivity contribution in [2.45, 2.75) is 30.9 Å². The van der Waals surface area contributed by atoms with Crippen LogP contribution in [0.5, 0.6) is 0 Å². The first kappa shape index (κ1) is 14.3. The number of pyridine rings is 1. The number of carbonyl (C=O) groups is 1. The summed E-state index contributed by atoms with van der Waals surface area (Å²) < 4.78 is 0. The molecule has 2 heterocycles. The summed E-state index contributed by atoms with van der Waals surface area (Å²) in [6.07, 6.45) is 5.19. The Labute approximate surface area is 118 Å². The van der Waals surface area contributed by atoms with Crippen molar-refractivity contribution >= 4 is 17.7 Å². The molecule has 0 aromatic carbocycles. The second-order valence-corrected chi connectivity index (χ2v) is 5.81. The lowest BCUT2D eigenvalue weighted by Crippen LogP contribution is -2.42. The normalized spacial score (nSPS) is 21.2. The lowest BCUT2D eigenvalue weighted by Gasteiger charge is -2.34. The molecule has 2 atom stereocenters. The van der Waals surface area contributed by atoms with Crippen molar-refractivity contribution in [3.05, 3.63) is 23.9 Å². The van der Waals surface area contributed by atoms with E-state index in [9.17, 15) is 9.90 Å². The molecular formula is C14H20N2O2S. The third kappa shape index (κ3) is 3.48. The first-order chi connectivity index (χ1) is 9.11. The lowest BCUT2D eigenvalue weighted by molar-refractivity contribution is 0.0465. The minimum absolute atomic E-state index is 0.0190. The summed E-state index contributed by atoms with van der Waals surface area (Å²) in [5.41, 5.74) is 0.629. The summed E-state index contributed by atoms with van der Waals surface area (Å²) in [5.74, 6) is 0.210. The third-order valence-electron chi connectivity index (χ3n) is 3.62. The quantitative estimate of drug-likeness (QED) is 0.861.